The Labute approximate surface area is 138 Å². The summed E-state index contributed by atoms with van der Waals surface area (Å²) in [7, 11) is 0. The quantitative estimate of drug-likeness (QED) is 0.219. The summed E-state index contributed by atoms with van der Waals surface area (Å²) in [6, 6.07) is 0.479. The third-order valence-corrected chi connectivity index (χ3v) is 3.85. The lowest BCUT2D eigenvalue weighted by molar-refractivity contribution is -0.122. The Kier molecular flexibility index (Phi) is 8.25. The summed E-state index contributed by atoms with van der Waals surface area (Å²) in [6.07, 6.45) is 9.69. The summed E-state index contributed by atoms with van der Waals surface area (Å²) < 4.78 is 0. The number of rotatable bonds is 5. The Morgan fingerprint density at radius 3 is 2.35 bits per heavy atom. The van der Waals surface area contributed by atoms with Gasteiger partial charge in [-0.25, -0.2) is 0 Å². The predicted molar refractivity (Wildman–Crippen MR) is 92.3 cm³/mol. The molecule has 0 aromatic carbocycles. The molecule has 0 atom stereocenters. The molecule has 0 saturated heterocycles. The maximum absolute atomic E-state index is 11.4. The minimum atomic E-state index is 0. The smallest absolute Gasteiger partial charge is 0.223 e. The van der Waals surface area contributed by atoms with E-state index in [-0.39, 0.29) is 35.8 Å². The van der Waals surface area contributed by atoms with Crippen LogP contribution < -0.4 is 16.4 Å². The molecular weight excluding hydrogens is 367 g/mol. The molecule has 0 spiro atoms. The van der Waals surface area contributed by atoms with Gasteiger partial charge in [0.1, 0.15) is 0 Å². The van der Waals surface area contributed by atoms with Gasteiger partial charge in [-0.2, -0.15) is 0 Å². The van der Waals surface area contributed by atoms with Crippen molar-refractivity contribution in [2.45, 2.75) is 57.4 Å². The second-order valence-corrected chi connectivity index (χ2v) is 5.67. The molecule has 0 bridgehead atoms. The molecule has 0 unspecified atom stereocenters. The monoisotopic (exact) mass is 394 g/mol. The van der Waals surface area contributed by atoms with Crippen LogP contribution in [0.4, 0.5) is 0 Å². The van der Waals surface area contributed by atoms with Crippen LogP contribution in [0.5, 0.6) is 0 Å². The minimum absolute atomic E-state index is 0. The molecular formula is C14H27IN4O. The molecule has 0 aromatic rings. The molecule has 6 heteroatoms. The minimum Gasteiger partial charge on any atom is -0.370 e. The van der Waals surface area contributed by atoms with Crippen molar-refractivity contribution in [1.29, 1.82) is 0 Å². The number of carbonyl (C=O) groups excluding carboxylic acids is 1. The Balaban J connectivity index is 0.00000200. The van der Waals surface area contributed by atoms with Crippen molar-refractivity contribution >= 4 is 35.8 Å². The fourth-order valence-electron chi connectivity index (χ4n) is 2.52. The van der Waals surface area contributed by atoms with Crippen LogP contribution in [-0.2, 0) is 4.79 Å². The first kappa shape index (κ1) is 17.5. The van der Waals surface area contributed by atoms with Gasteiger partial charge in [0.15, 0.2) is 5.96 Å². The van der Waals surface area contributed by atoms with Gasteiger partial charge in [0.05, 0.1) is 6.54 Å². The maximum atomic E-state index is 11.4. The fourth-order valence-corrected chi connectivity index (χ4v) is 2.52. The van der Waals surface area contributed by atoms with Crippen LogP contribution in [0.3, 0.4) is 0 Å². The molecule has 0 aliphatic heterocycles. The second-order valence-electron chi connectivity index (χ2n) is 5.67. The Hall–Kier alpha value is -0.530. The Morgan fingerprint density at radius 2 is 1.75 bits per heavy atom. The van der Waals surface area contributed by atoms with Gasteiger partial charge < -0.3 is 16.4 Å². The second kappa shape index (κ2) is 9.41. The van der Waals surface area contributed by atoms with Gasteiger partial charge in [-0.3, -0.25) is 9.79 Å². The molecule has 4 N–H and O–H groups in total. The molecule has 2 rings (SSSR count). The van der Waals surface area contributed by atoms with Crippen molar-refractivity contribution in [3.8, 4) is 0 Å². The average Bonchev–Trinajstić information content (AvgIpc) is 3.21. The van der Waals surface area contributed by atoms with E-state index in [0.717, 1.165) is 12.8 Å². The van der Waals surface area contributed by atoms with Crippen LogP contribution in [0.15, 0.2) is 4.99 Å². The molecule has 2 fully saturated rings. The van der Waals surface area contributed by atoms with E-state index in [1.807, 2.05) is 0 Å². The molecule has 2 aliphatic rings. The van der Waals surface area contributed by atoms with E-state index in [2.05, 4.69) is 15.6 Å². The number of halogens is 1. The molecule has 1 amide bonds. The highest BCUT2D eigenvalue weighted by Crippen LogP contribution is 2.28. The van der Waals surface area contributed by atoms with Gasteiger partial charge in [0.25, 0.3) is 0 Å². The predicted octanol–water partition coefficient (Wildman–Crippen LogP) is 1.76. The number of nitrogens with two attached hydrogens (primary N) is 1. The standard InChI is InChI=1S/C14H26N4O.HI/c15-14(18-12-5-3-1-2-4-6-12)17-10-9-16-13(19)11-7-8-11;/h11-12H,1-10H2,(H,16,19)(H3,15,17,18);1H. The number of hydrogen-bond donors (Lipinski definition) is 3. The van der Waals surface area contributed by atoms with E-state index in [0.29, 0.717) is 25.1 Å². The molecule has 20 heavy (non-hydrogen) atoms. The number of nitrogens with zero attached hydrogens (tertiary/aromatic N) is 1. The number of hydrogen-bond acceptors (Lipinski definition) is 2. The third kappa shape index (κ3) is 6.76. The van der Waals surface area contributed by atoms with Gasteiger partial charge in [-0.1, -0.05) is 25.7 Å². The van der Waals surface area contributed by atoms with Crippen molar-refractivity contribution < 1.29 is 4.79 Å². The lowest BCUT2D eigenvalue weighted by Crippen LogP contribution is -2.40. The summed E-state index contributed by atoms with van der Waals surface area (Å²) in [6.45, 7) is 1.15. The Bertz CT molecular complexity index is 323. The fraction of sp³-hybridized carbons (Fsp3) is 0.857. The van der Waals surface area contributed by atoms with Gasteiger partial charge in [-0.15, -0.1) is 24.0 Å². The van der Waals surface area contributed by atoms with Gasteiger partial charge in [0.2, 0.25) is 5.91 Å². The van der Waals surface area contributed by atoms with Crippen LogP contribution >= 0.6 is 24.0 Å². The number of guanidine groups is 1. The SMILES string of the molecule is I.NC(=NCCNC(=O)C1CC1)NC1CCCCCC1. The zero-order valence-electron chi connectivity index (χ0n) is 12.1. The molecule has 5 nitrogen and oxygen atoms in total. The van der Waals surface area contributed by atoms with Crippen LogP contribution in [0.2, 0.25) is 0 Å². The summed E-state index contributed by atoms with van der Waals surface area (Å²) in [5.41, 5.74) is 5.87. The zero-order valence-corrected chi connectivity index (χ0v) is 14.4. The highest BCUT2D eigenvalue weighted by molar-refractivity contribution is 14.0. The first-order valence-corrected chi connectivity index (χ1v) is 7.60. The van der Waals surface area contributed by atoms with E-state index in [1.165, 1.54) is 38.5 Å². The number of nitrogens with one attached hydrogen (secondary N) is 2. The summed E-state index contributed by atoms with van der Waals surface area (Å²) in [5, 5.41) is 6.18. The number of aliphatic imine (C=N–C) groups is 1. The summed E-state index contributed by atoms with van der Waals surface area (Å²) in [4.78, 5) is 15.7. The number of carbonyl (C=O) groups is 1. The number of amides is 1. The lowest BCUT2D eigenvalue weighted by atomic mass is 10.1. The van der Waals surface area contributed by atoms with Gasteiger partial charge in [-0.05, 0) is 25.7 Å². The average molecular weight is 394 g/mol. The van der Waals surface area contributed by atoms with Crippen LogP contribution in [0, 0.1) is 5.92 Å². The normalized spacial score (nSPS) is 20.7. The molecule has 2 saturated carbocycles. The molecule has 0 radical (unpaired) electrons. The highest BCUT2D eigenvalue weighted by atomic mass is 127. The van der Waals surface area contributed by atoms with Crippen LogP contribution in [0.25, 0.3) is 0 Å². The summed E-state index contributed by atoms with van der Waals surface area (Å²) >= 11 is 0. The first-order chi connectivity index (χ1) is 9.25. The largest absolute Gasteiger partial charge is 0.370 e. The van der Waals surface area contributed by atoms with E-state index in [4.69, 9.17) is 5.73 Å². The molecule has 0 heterocycles. The van der Waals surface area contributed by atoms with E-state index < -0.39 is 0 Å². The summed E-state index contributed by atoms with van der Waals surface area (Å²) in [5.74, 6) is 0.962. The van der Waals surface area contributed by atoms with E-state index in [9.17, 15) is 4.79 Å². The van der Waals surface area contributed by atoms with Crippen molar-refractivity contribution in [3.05, 3.63) is 0 Å². The maximum Gasteiger partial charge on any atom is 0.223 e. The molecule has 2 aliphatic carbocycles. The molecule has 116 valence electrons. The van der Waals surface area contributed by atoms with E-state index in [1.54, 1.807) is 0 Å². The Morgan fingerprint density at radius 1 is 1.10 bits per heavy atom. The topological polar surface area (TPSA) is 79.5 Å². The first-order valence-electron chi connectivity index (χ1n) is 7.60. The van der Waals surface area contributed by atoms with E-state index >= 15 is 0 Å². The lowest BCUT2D eigenvalue weighted by Gasteiger charge is -2.16. The highest BCUT2D eigenvalue weighted by Gasteiger charge is 2.28. The van der Waals surface area contributed by atoms with Gasteiger partial charge >= 0.3 is 0 Å². The van der Waals surface area contributed by atoms with Crippen LogP contribution in [0.1, 0.15) is 51.4 Å². The van der Waals surface area contributed by atoms with Crippen molar-refractivity contribution in [2.24, 2.45) is 16.6 Å². The third-order valence-electron chi connectivity index (χ3n) is 3.85. The van der Waals surface area contributed by atoms with Crippen molar-refractivity contribution in [1.82, 2.24) is 10.6 Å². The molecule has 0 aromatic heterocycles. The van der Waals surface area contributed by atoms with Crippen molar-refractivity contribution in [2.75, 3.05) is 13.1 Å². The zero-order chi connectivity index (χ0) is 13.5. The van der Waals surface area contributed by atoms with Crippen LogP contribution in [-0.4, -0.2) is 31.0 Å². The van der Waals surface area contributed by atoms with Gasteiger partial charge in [0, 0.05) is 18.5 Å². The van der Waals surface area contributed by atoms with Crippen molar-refractivity contribution in [3.63, 3.8) is 0 Å².